The van der Waals surface area contributed by atoms with Crippen LogP contribution in [-0.4, -0.2) is 44.2 Å². The molecule has 0 radical (unpaired) electrons. The molecule has 0 amide bonds. The van der Waals surface area contributed by atoms with Crippen molar-refractivity contribution in [1.29, 1.82) is 0 Å². The van der Waals surface area contributed by atoms with Gasteiger partial charge in [0.1, 0.15) is 5.82 Å². The fourth-order valence-corrected chi connectivity index (χ4v) is 2.34. The third-order valence-corrected chi connectivity index (χ3v) is 3.47. The van der Waals surface area contributed by atoms with Gasteiger partial charge in [0.2, 0.25) is 0 Å². The van der Waals surface area contributed by atoms with E-state index < -0.39 is 0 Å². The van der Waals surface area contributed by atoms with E-state index >= 15 is 0 Å². The molecule has 0 aliphatic carbocycles. The summed E-state index contributed by atoms with van der Waals surface area (Å²) in [5.41, 5.74) is 6.73. The molecule has 1 aliphatic rings. The van der Waals surface area contributed by atoms with Crippen molar-refractivity contribution in [2.24, 2.45) is 5.73 Å². The molecule has 0 aromatic heterocycles. The fourth-order valence-electron chi connectivity index (χ4n) is 2.34. The lowest BCUT2D eigenvalue weighted by molar-refractivity contribution is 0.210. The lowest BCUT2D eigenvalue weighted by atomic mass is 10.1. The molecule has 1 atom stereocenters. The molecule has 1 saturated heterocycles. The average Bonchev–Trinajstić information content (AvgIpc) is 2.33. The predicted octanol–water partition coefficient (Wildman–Crippen LogP) is 1.29. The summed E-state index contributed by atoms with van der Waals surface area (Å²) in [5, 5.41) is 0. The zero-order chi connectivity index (χ0) is 12.3. The van der Waals surface area contributed by atoms with Gasteiger partial charge in [-0.1, -0.05) is 0 Å². The number of anilines is 1. The van der Waals surface area contributed by atoms with E-state index in [-0.39, 0.29) is 5.82 Å². The molecular formula is C13H20FN3. The Hall–Kier alpha value is -1.13. The van der Waals surface area contributed by atoms with Crippen LogP contribution in [0.4, 0.5) is 10.1 Å². The van der Waals surface area contributed by atoms with Crippen molar-refractivity contribution in [3.05, 3.63) is 30.1 Å². The van der Waals surface area contributed by atoms with E-state index in [4.69, 9.17) is 5.73 Å². The molecule has 2 N–H and O–H groups in total. The topological polar surface area (TPSA) is 32.5 Å². The largest absolute Gasteiger partial charge is 0.369 e. The predicted molar refractivity (Wildman–Crippen MR) is 68.7 cm³/mol. The molecule has 2 rings (SSSR count). The van der Waals surface area contributed by atoms with Crippen LogP contribution < -0.4 is 10.6 Å². The number of hydrogen-bond donors (Lipinski definition) is 1. The standard InChI is InChI=1S/C13H20FN3/c1-16-8-9-17(10-13(16)6-7-15)12-4-2-11(14)3-5-12/h2-5,13H,6-10,15H2,1H3. The molecule has 4 heteroatoms. The average molecular weight is 237 g/mol. The van der Waals surface area contributed by atoms with Crippen LogP contribution in [0.5, 0.6) is 0 Å². The first-order valence-corrected chi connectivity index (χ1v) is 6.11. The van der Waals surface area contributed by atoms with Gasteiger partial charge < -0.3 is 10.6 Å². The second kappa shape index (κ2) is 5.47. The highest BCUT2D eigenvalue weighted by Crippen LogP contribution is 2.19. The maximum absolute atomic E-state index is 12.9. The van der Waals surface area contributed by atoms with Crippen molar-refractivity contribution in [2.45, 2.75) is 12.5 Å². The minimum Gasteiger partial charge on any atom is -0.369 e. The Morgan fingerprint density at radius 1 is 1.29 bits per heavy atom. The van der Waals surface area contributed by atoms with Crippen LogP contribution in [0, 0.1) is 5.82 Å². The van der Waals surface area contributed by atoms with Crippen molar-refractivity contribution >= 4 is 5.69 Å². The SMILES string of the molecule is CN1CCN(c2ccc(F)cc2)CC1CCN. The van der Waals surface area contributed by atoms with E-state index in [1.165, 1.54) is 12.1 Å². The van der Waals surface area contributed by atoms with Gasteiger partial charge in [-0.25, -0.2) is 4.39 Å². The van der Waals surface area contributed by atoms with Crippen LogP contribution in [0.2, 0.25) is 0 Å². The third kappa shape index (κ3) is 2.96. The normalized spacial score (nSPS) is 21.8. The summed E-state index contributed by atoms with van der Waals surface area (Å²) in [5.74, 6) is -0.179. The lowest BCUT2D eigenvalue weighted by Gasteiger charge is -2.40. The van der Waals surface area contributed by atoms with E-state index in [1.807, 2.05) is 12.1 Å². The Balaban J connectivity index is 2.04. The monoisotopic (exact) mass is 237 g/mol. The molecule has 1 aromatic carbocycles. The van der Waals surface area contributed by atoms with E-state index in [0.717, 1.165) is 31.7 Å². The summed E-state index contributed by atoms with van der Waals surface area (Å²) in [7, 11) is 2.14. The Labute approximate surface area is 102 Å². The van der Waals surface area contributed by atoms with Crippen LogP contribution >= 0.6 is 0 Å². The summed E-state index contributed by atoms with van der Waals surface area (Å²) in [4.78, 5) is 4.66. The van der Waals surface area contributed by atoms with Crippen molar-refractivity contribution in [1.82, 2.24) is 4.90 Å². The number of piperazine rings is 1. The van der Waals surface area contributed by atoms with Crippen LogP contribution in [0.15, 0.2) is 24.3 Å². The lowest BCUT2D eigenvalue weighted by Crippen LogP contribution is -2.52. The third-order valence-electron chi connectivity index (χ3n) is 3.47. The van der Waals surface area contributed by atoms with E-state index in [0.29, 0.717) is 12.6 Å². The number of hydrogen-bond acceptors (Lipinski definition) is 3. The second-order valence-electron chi connectivity index (χ2n) is 4.63. The number of benzene rings is 1. The van der Waals surface area contributed by atoms with Crippen molar-refractivity contribution in [2.75, 3.05) is 38.1 Å². The molecule has 1 aromatic rings. The van der Waals surface area contributed by atoms with E-state index in [2.05, 4.69) is 16.8 Å². The first kappa shape index (κ1) is 12.3. The molecule has 0 saturated carbocycles. The van der Waals surface area contributed by atoms with Gasteiger partial charge >= 0.3 is 0 Å². The van der Waals surface area contributed by atoms with Crippen molar-refractivity contribution in [3.8, 4) is 0 Å². The molecule has 3 nitrogen and oxygen atoms in total. The van der Waals surface area contributed by atoms with Crippen molar-refractivity contribution < 1.29 is 4.39 Å². The van der Waals surface area contributed by atoms with E-state index in [1.54, 1.807) is 0 Å². The van der Waals surface area contributed by atoms with Crippen LogP contribution in [0.3, 0.4) is 0 Å². The maximum atomic E-state index is 12.9. The van der Waals surface area contributed by atoms with Crippen LogP contribution in [0.25, 0.3) is 0 Å². The molecule has 1 heterocycles. The van der Waals surface area contributed by atoms with Crippen LogP contribution in [0.1, 0.15) is 6.42 Å². The molecule has 17 heavy (non-hydrogen) atoms. The molecule has 0 bridgehead atoms. The Morgan fingerprint density at radius 2 is 2.00 bits per heavy atom. The molecule has 0 spiro atoms. The quantitative estimate of drug-likeness (QED) is 0.860. The summed E-state index contributed by atoms with van der Waals surface area (Å²) in [6, 6.07) is 7.23. The van der Waals surface area contributed by atoms with Gasteiger partial charge in [-0.05, 0) is 44.3 Å². The van der Waals surface area contributed by atoms with Gasteiger partial charge in [0.05, 0.1) is 0 Å². The van der Waals surface area contributed by atoms with Gasteiger partial charge in [0, 0.05) is 31.4 Å². The van der Waals surface area contributed by atoms with Crippen molar-refractivity contribution in [3.63, 3.8) is 0 Å². The number of rotatable bonds is 3. The smallest absolute Gasteiger partial charge is 0.123 e. The number of halogens is 1. The zero-order valence-electron chi connectivity index (χ0n) is 10.3. The van der Waals surface area contributed by atoms with Crippen LogP contribution in [-0.2, 0) is 0 Å². The Bertz CT molecular complexity index is 352. The first-order chi connectivity index (χ1) is 8.20. The second-order valence-corrected chi connectivity index (χ2v) is 4.63. The zero-order valence-corrected chi connectivity index (χ0v) is 10.3. The minimum absolute atomic E-state index is 0.179. The van der Waals surface area contributed by atoms with Gasteiger partial charge in [-0.3, -0.25) is 4.90 Å². The van der Waals surface area contributed by atoms with Gasteiger partial charge in [-0.15, -0.1) is 0 Å². The maximum Gasteiger partial charge on any atom is 0.123 e. The highest BCUT2D eigenvalue weighted by molar-refractivity contribution is 5.46. The Morgan fingerprint density at radius 3 is 2.65 bits per heavy atom. The minimum atomic E-state index is -0.179. The summed E-state index contributed by atoms with van der Waals surface area (Å²) < 4.78 is 12.9. The molecular weight excluding hydrogens is 217 g/mol. The highest BCUT2D eigenvalue weighted by Gasteiger charge is 2.23. The molecule has 94 valence electrons. The summed E-state index contributed by atoms with van der Waals surface area (Å²) >= 11 is 0. The summed E-state index contributed by atoms with van der Waals surface area (Å²) in [6.07, 6.45) is 1.01. The van der Waals surface area contributed by atoms with E-state index in [9.17, 15) is 4.39 Å². The van der Waals surface area contributed by atoms with Gasteiger partial charge in [0.25, 0.3) is 0 Å². The number of nitrogens with two attached hydrogens (primary N) is 1. The fraction of sp³-hybridized carbons (Fsp3) is 0.538. The highest BCUT2D eigenvalue weighted by atomic mass is 19.1. The Kier molecular flexibility index (Phi) is 3.97. The van der Waals surface area contributed by atoms with Gasteiger partial charge in [0.15, 0.2) is 0 Å². The number of likely N-dealkylation sites (N-methyl/N-ethyl adjacent to an activating group) is 1. The van der Waals surface area contributed by atoms with Gasteiger partial charge in [-0.2, -0.15) is 0 Å². The molecule has 1 fully saturated rings. The molecule has 1 aliphatic heterocycles. The molecule has 1 unspecified atom stereocenters. The first-order valence-electron chi connectivity index (χ1n) is 6.11. The summed E-state index contributed by atoms with van der Waals surface area (Å²) in [6.45, 7) is 3.71. The number of nitrogens with zero attached hydrogens (tertiary/aromatic N) is 2.